The Hall–Kier alpha value is -3.59. The van der Waals surface area contributed by atoms with Crippen LogP contribution in [0, 0.1) is 5.82 Å². The maximum absolute atomic E-state index is 13.3. The largest absolute Gasteiger partial charge is 0.484 e. The van der Waals surface area contributed by atoms with Crippen LogP contribution in [0.4, 0.5) is 10.1 Å². The Morgan fingerprint density at radius 3 is 2.84 bits per heavy atom. The van der Waals surface area contributed by atoms with Crippen molar-refractivity contribution in [3.63, 3.8) is 0 Å². The molecule has 0 spiro atoms. The molecule has 3 amide bonds. The molecule has 31 heavy (non-hydrogen) atoms. The van der Waals surface area contributed by atoms with Gasteiger partial charge < -0.3 is 25.4 Å². The summed E-state index contributed by atoms with van der Waals surface area (Å²) in [5.74, 6) is -1.11. The molecule has 162 valence electrons. The Morgan fingerprint density at radius 2 is 2.06 bits per heavy atom. The Morgan fingerprint density at radius 1 is 1.26 bits per heavy atom. The Bertz CT molecular complexity index is 1040. The van der Waals surface area contributed by atoms with Crippen LogP contribution in [0.3, 0.4) is 0 Å². The standard InChI is InChI=1S/C21H19ClFN3O5/c1-12(6-7-24-19(27)10-30-14-3-4-15(22)16(23)9-14)25-21(29)13-2-5-17-18(8-13)31-11-20(28)26-17/h2-5,8-9H,1,6-7,10-11H2,(H,24,27)(H,25,29)(H,26,28). The van der Waals surface area contributed by atoms with Crippen LogP contribution in [0.5, 0.6) is 11.5 Å². The molecule has 0 aromatic heterocycles. The zero-order valence-electron chi connectivity index (χ0n) is 16.3. The highest BCUT2D eigenvalue weighted by Crippen LogP contribution is 2.28. The number of nitrogens with one attached hydrogen (secondary N) is 3. The molecule has 1 aliphatic heterocycles. The van der Waals surface area contributed by atoms with Gasteiger partial charge in [0.1, 0.15) is 17.3 Å². The molecule has 3 N–H and O–H groups in total. The second-order valence-corrected chi connectivity index (χ2v) is 6.98. The van der Waals surface area contributed by atoms with Gasteiger partial charge in [0, 0.05) is 30.3 Å². The molecule has 8 nitrogen and oxygen atoms in total. The number of rotatable bonds is 8. The molecule has 0 aliphatic carbocycles. The fourth-order valence-corrected chi connectivity index (χ4v) is 2.75. The lowest BCUT2D eigenvalue weighted by Crippen LogP contribution is -2.31. The molecule has 0 unspecified atom stereocenters. The Kier molecular flexibility index (Phi) is 7.09. The van der Waals surface area contributed by atoms with Gasteiger partial charge in [0.15, 0.2) is 13.2 Å². The molecule has 3 rings (SSSR count). The lowest BCUT2D eigenvalue weighted by Gasteiger charge is -2.18. The molecule has 0 saturated heterocycles. The van der Waals surface area contributed by atoms with Crippen LogP contribution in [0.25, 0.3) is 0 Å². The van der Waals surface area contributed by atoms with Crippen molar-refractivity contribution in [1.82, 2.24) is 10.6 Å². The van der Waals surface area contributed by atoms with Crippen LogP contribution in [0.15, 0.2) is 48.7 Å². The SMILES string of the molecule is C=C(CCNC(=O)COc1ccc(Cl)c(F)c1)NC(=O)c1ccc2c(c1)OCC(=O)N2. The highest BCUT2D eigenvalue weighted by atomic mass is 35.5. The summed E-state index contributed by atoms with van der Waals surface area (Å²) in [4.78, 5) is 35.5. The predicted octanol–water partition coefficient (Wildman–Crippen LogP) is 2.64. The maximum Gasteiger partial charge on any atom is 0.262 e. The first kappa shape index (κ1) is 22.1. The molecule has 0 radical (unpaired) electrons. The van der Waals surface area contributed by atoms with Crippen molar-refractivity contribution in [2.24, 2.45) is 0 Å². The number of benzene rings is 2. The van der Waals surface area contributed by atoms with Crippen molar-refractivity contribution in [3.05, 3.63) is 65.1 Å². The number of hydrogen-bond acceptors (Lipinski definition) is 5. The Labute approximate surface area is 182 Å². The highest BCUT2D eigenvalue weighted by Gasteiger charge is 2.18. The van der Waals surface area contributed by atoms with E-state index in [4.69, 9.17) is 21.1 Å². The monoisotopic (exact) mass is 447 g/mol. The summed E-state index contributed by atoms with van der Waals surface area (Å²) in [6.45, 7) is 3.58. The van der Waals surface area contributed by atoms with E-state index >= 15 is 0 Å². The quantitative estimate of drug-likeness (QED) is 0.577. The number of carbonyl (C=O) groups is 3. The average Bonchev–Trinajstić information content (AvgIpc) is 2.74. The normalized spacial score (nSPS) is 12.1. The summed E-state index contributed by atoms with van der Waals surface area (Å²) in [7, 11) is 0. The number of carbonyl (C=O) groups excluding carboxylic acids is 3. The smallest absolute Gasteiger partial charge is 0.262 e. The van der Waals surface area contributed by atoms with Gasteiger partial charge in [-0.25, -0.2) is 4.39 Å². The second kappa shape index (κ2) is 9.94. The van der Waals surface area contributed by atoms with Crippen LogP contribution in [-0.2, 0) is 9.59 Å². The van der Waals surface area contributed by atoms with Gasteiger partial charge in [-0.2, -0.15) is 0 Å². The van der Waals surface area contributed by atoms with Crippen molar-refractivity contribution in [3.8, 4) is 11.5 Å². The highest BCUT2D eigenvalue weighted by molar-refractivity contribution is 6.30. The van der Waals surface area contributed by atoms with Crippen LogP contribution in [0.1, 0.15) is 16.8 Å². The van der Waals surface area contributed by atoms with Gasteiger partial charge in [0.05, 0.1) is 10.7 Å². The summed E-state index contributed by atoms with van der Waals surface area (Å²) >= 11 is 5.58. The minimum absolute atomic E-state index is 0.0351. The number of hydrogen-bond donors (Lipinski definition) is 3. The topological polar surface area (TPSA) is 106 Å². The molecule has 2 aromatic rings. The van der Waals surface area contributed by atoms with Gasteiger partial charge in [0.25, 0.3) is 17.7 Å². The van der Waals surface area contributed by atoms with E-state index in [0.717, 1.165) is 6.07 Å². The lowest BCUT2D eigenvalue weighted by molar-refractivity contribution is -0.123. The molecule has 1 heterocycles. The molecule has 0 bridgehead atoms. The molecule has 0 saturated carbocycles. The first-order valence-corrected chi connectivity index (χ1v) is 9.60. The van der Waals surface area contributed by atoms with Gasteiger partial charge in [-0.1, -0.05) is 18.2 Å². The zero-order valence-corrected chi connectivity index (χ0v) is 17.1. The van der Waals surface area contributed by atoms with E-state index in [1.165, 1.54) is 18.2 Å². The van der Waals surface area contributed by atoms with Crippen LogP contribution < -0.4 is 25.4 Å². The van der Waals surface area contributed by atoms with E-state index in [9.17, 15) is 18.8 Å². The fourth-order valence-electron chi connectivity index (χ4n) is 2.63. The van der Waals surface area contributed by atoms with E-state index in [2.05, 4.69) is 22.5 Å². The number of amides is 3. The van der Waals surface area contributed by atoms with Crippen LogP contribution >= 0.6 is 11.6 Å². The average molecular weight is 448 g/mol. The van der Waals surface area contributed by atoms with Gasteiger partial charge in [0.2, 0.25) is 0 Å². The van der Waals surface area contributed by atoms with E-state index in [1.54, 1.807) is 12.1 Å². The third kappa shape index (κ3) is 6.19. The van der Waals surface area contributed by atoms with Gasteiger partial charge in [-0.3, -0.25) is 14.4 Å². The minimum Gasteiger partial charge on any atom is -0.484 e. The lowest BCUT2D eigenvalue weighted by atomic mass is 10.1. The zero-order chi connectivity index (χ0) is 22.4. The first-order valence-electron chi connectivity index (χ1n) is 9.22. The predicted molar refractivity (Wildman–Crippen MR) is 112 cm³/mol. The summed E-state index contributed by atoms with van der Waals surface area (Å²) in [5.41, 5.74) is 1.24. The molecule has 1 aliphatic rings. The van der Waals surface area contributed by atoms with E-state index in [1.807, 2.05) is 0 Å². The molecule has 0 atom stereocenters. The van der Waals surface area contributed by atoms with Crippen molar-refractivity contribution in [2.45, 2.75) is 6.42 Å². The third-order valence-corrected chi connectivity index (χ3v) is 4.48. The van der Waals surface area contributed by atoms with E-state index < -0.39 is 17.6 Å². The van der Waals surface area contributed by atoms with Gasteiger partial charge >= 0.3 is 0 Å². The molecule has 2 aromatic carbocycles. The molecule has 0 fully saturated rings. The Balaban J connectivity index is 1.39. The second-order valence-electron chi connectivity index (χ2n) is 6.57. The summed E-state index contributed by atoms with van der Waals surface area (Å²) < 4.78 is 23.8. The molecular formula is C21H19ClFN3O5. The van der Waals surface area contributed by atoms with Crippen LogP contribution in [-0.4, -0.2) is 37.5 Å². The number of anilines is 1. The van der Waals surface area contributed by atoms with Crippen molar-refractivity contribution in [2.75, 3.05) is 25.1 Å². The number of fused-ring (bicyclic) bond motifs is 1. The van der Waals surface area contributed by atoms with E-state index in [0.29, 0.717) is 29.1 Å². The number of ether oxygens (including phenoxy) is 2. The van der Waals surface area contributed by atoms with Crippen molar-refractivity contribution < 1.29 is 28.2 Å². The summed E-state index contributed by atoms with van der Waals surface area (Å²) in [6.07, 6.45) is 0.296. The van der Waals surface area contributed by atoms with Crippen molar-refractivity contribution >= 4 is 35.0 Å². The number of halogens is 2. The molecular weight excluding hydrogens is 429 g/mol. The summed E-state index contributed by atoms with van der Waals surface area (Å²) in [6, 6.07) is 8.53. The van der Waals surface area contributed by atoms with Gasteiger partial charge in [-0.05, 0) is 30.3 Å². The first-order chi connectivity index (χ1) is 14.8. The van der Waals surface area contributed by atoms with Crippen molar-refractivity contribution in [1.29, 1.82) is 0 Å². The van der Waals surface area contributed by atoms with Gasteiger partial charge in [-0.15, -0.1) is 0 Å². The fraction of sp³-hybridized carbons (Fsp3) is 0.190. The molecule has 10 heteroatoms. The van der Waals surface area contributed by atoms with Crippen LogP contribution in [0.2, 0.25) is 5.02 Å². The third-order valence-electron chi connectivity index (χ3n) is 4.18. The summed E-state index contributed by atoms with van der Waals surface area (Å²) in [5, 5.41) is 7.86. The maximum atomic E-state index is 13.3. The minimum atomic E-state index is -0.637. The van der Waals surface area contributed by atoms with E-state index in [-0.39, 0.29) is 36.4 Å².